The molecule has 0 spiro atoms. The molecule has 6 nitrogen and oxygen atoms in total. The van der Waals surface area contributed by atoms with Crippen molar-refractivity contribution >= 4 is 0 Å². The standard InChI is InChI=1S/C16H28N4O2/c1-12(2)15-17-16(22-18-15)13(3)20-8-6-19(7-9-20)11-14-5-4-10-21-14/h12-14H,4-11H2,1-3H3/t13-,14-/m1/s1. The van der Waals surface area contributed by atoms with Crippen LogP contribution in [-0.4, -0.2) is 65.4 Å². The van der Waals surface area contributed by atoms with Gasteiger partial charge in [0, 0.05) is 45.2 Å². The average molecular weight is 308 g/mol. The van der Waals surface area contributed by atoms with E-state index in [2.05, 4.69) is 40.7 Å². The van der Waals surface area contributed by atoms with Crippen molar-refractivity contribution in [2.45, 2.75) is 51.7 Å². The van der Waals surface area contributed by atoms with E-state index in [4.69, 9.17) is 9.26 Å². The maximum atomic E-state index is 5.74. The van der Waals surface area contributed by atoms with Crippen LogP contribution in [0.3, 0.4) is 0 Å². The highest BCUT2D eigenvalue weighted by atomic mass is 16.5. The molecule has 0 radical (unpaired) electrons. The zero-order valence-corrected chi connectivity index (χ0v) is 14.0. The van der Waals surface area contributed by atoms with E-state index in [1.54, 1.807) is 0 Å². The summed E-state index contributed by atoms with van der Waals surface area (Å²) >= 11 is 0. The first-order chi connectivity index (χ1) is 10.6. The summed E-state index contributed by atoms with van der Waals surface area (Å²) < 4.78 is 11.2. The number of ether oxygens (including phenoxy) is 1. The predicted octanol–water partition coefficient (Wildman–Crippen LogP) is 2.05. The zero-order valence-electron chi connectivity index (χ0n) is 14.0. The number of piperazine rings is 1. The first-order valence-corrected chi connectivity index (χ1v) is 8.55. The van der Waals surface area contributed by atoms with Crippen LogP contribution in [0.1, 0.15) is 57.3 Å². The second-order valence-electron chi connectivity index (χ2n) is 6.79. The lowest BCUT2D eigenvalue weighted by Gasteiger charge is -2.37. The molecule has 2 atom stereocenters. The molecule has 0 saturated carbocycles. The highest BCUT2D eigenvalue weighted by Gasteiger charge is 2.27. The Hall–Kier alpha value is -0.980. The van der Waals surface area contributed by atoms with Crippen molar-refractivity contribution in [1.82, 2.24) is 19.9 Å². The molecule has 0 unspecified atom stereocenters. The second-order valence-corrected chi connectivity index (χ2v) is 6.79. The van der Waals surface area contributed by atoms with Crippen LogP contribution < -0.4 is 0 Å². The fourth-order valence-corrected chi connectivity index (χ4v) is 3.22. The van der Waals surface area contributed by atoms with E-state index in [0.717, 1.165) is 51.0 Å². The third-order valence-electron chi connectivity index (χ3n) is 4.77. The minimum absolute atomic E-state index is 0.199. The fourth-order valence-electron chi connectivity index (χ4n) is 3.22. The molecule has 2 saturated heterocycles. The van der Waals surface area contributed by atoms with Crippen molar-refractivity contribution in [1.29, 1.82) is 0 Å². The van der Waals surface area contributed by atoms with E-state index < -0.39 is 0 Å². The van der Waals surface area contributed by atoms with Crippen molar-refractivity contribution in [3.05, 3.63) is 11.7 Å². The molecule has 22 heavy (non-hydrogen) atoms. The van der Waals surface area contributed by atoms with E-state index in [-0.39, 0.29) is 6.04 Å². The number of hydrogen-bond acceptors (Lipinski definition) is 6. The number of hydrogen-bond donors (Lipinski definition) is 0. The van der Waals surface area contributed by atoms with Gasteiger partial charge in [-0.25, -0.2) is 0 Å². The first kappa shape index (κ1) is 15.9. The van der Waals surface area contributed by atoms with Crippen LogP contribution in [0.15, 0.2) is 4.52 Å². The molecule has 3 heterocycles. The second kappa shape index (κ2) is 7.06. The van der Waals surface area contributed by atoms with Gasteiger partial charge >= 0.3 is 0 Å². The topological polar surface area (TPSA) is 54.6 Å². The molecular formula is C16H28N4O2. The molecule has 0 bridgehead atoms. The fraction of sp³-hybridized carbons (Fsp3) is 0.875. The maximum absolute atomic E-state index is 5.74. The monoisotopic (exact) mass is 308 g/mol. The third-order valence-corrected chi connectivity index (χ3v) is 4.77. The molecule has 1 aromatic heterocycles. The average Bonchev–Trinajstić information content (AvgIpc) is 3.18. The molecule has 0 N–H and O–H groups in total. The van der Waals surface area contributed by atoms with Crippen molar-refractivity contribution < 1.29 is 9.26 Å². The number of aromatic nitrogens is 2. The van der Waals surface area contributed by atoms with Crippen LogP contribution in [0.25, 0.3) is 0 Å². The number of rotatable bonds is 5. The Balaban J connectivity index is 1.49. The molecule has 2 aliphatic heterocycles. The molecule has 1 aromatic rings. The summed E-state index contributed by atoms with van der Waals surface area (Å²) in [7, 11) is 0. The maximum Gasteiger partial charge on any atom is 0.243 e. The summed E-state index contributed by atoms with van der Waals surface area (Å²) in [5.74, 6) is 1.86. The van der Waals surface area contributed by atoms with E-state index in [0.29, 0.717) is 12.0 Å². The van der Waals surface area contributed by atoms with Gasteiger partial charge < -0.3 is 9.26 Å². The van der Waals surface area contributed by atoms with Gasteiger partial charge in [-0.2, -0.15) is 4.98 Å². The summed E-state index contributed by atoms with van der Waals surface area (Å²) in [5, 5.41) is 4.08. The minimum Gasteiger partial charge on any atom is -0.377 e. The highest BCUT2D eigenvalue weighted by Crippen LogP contribution is 2.22. The van der Waals surface area contributed by atoms with Crippen molar-refractivity contribution in [3.8, 4) is 0 Å². The van der Waals surface area contributed by atoms with E-state index in [1.165, 1.54) is 12.8 Å². The van der Waals surface area contributed by atoms with E-state index >= 15 is 0 Å². The largest absolute Gasteiger partial charge is 0.377 e. The lowest BCUT2D eigenvalue weighted by atomic mass is 10.2. The Morgan fingerprint density at radius 3 is 2.55 bits per heavy atom. The molecule has 2 aliphatic rings. The van der Waals surface area contributed by atoms with Gasteiger partial charge in [-0.15, -0.1) is 0 Å². The van der Waals surface area contributed by atoms with Crippen molar-refractivity contribution in [2.24, 2.45) is 0 Å². The summed E-state index contributed by atoms with van der Waals surface area (Å²) in [5.41, 5.74) is 0. The van der Waals surface area contributed by atoms with Gasteiger partial charge in [-0.1, -0.05) is 19.0 Å². The Kier molecular flexibility index (Phi) is 5.10. The Labute approximate surface area is 132 Å². The smallest absolute Gasteiger partial charge is 0.243 e. The van der Waals surface area contributed by atoms with Gasteiger partial charge in [0.1, 0.15) is 0 Å². The molecule has 124 valence electrons. The Morgan fingerprint density at radius 1 is 1.18 bits per heavy atom. The molecule has 0 aromatic carbocycles. The van der Waals surface area contributed by atoms with Crippen LogP contribution >= 0.6 is 0 Å². The van der Waals surface area contributed by atoms with Gasteiger partial charge in [0.2, 0.25) is 5.89 Å². The first-order valence-electron chi connectivity index (χ1n) is 8.55. The Morgan fingerprint density at radius 2 is 1.95 bits per heavy atom. The zero-order chi connectivity index (χ0) is 15.5. The molecule has 0 aliphatic carbocycles. The molecule has 0 amide bonds. The molecular weight excluding hydrogens is 280 g/mol. The summed E-state index contributed by atoms with van der Waals surface area (Å²) in [6, 6.07) is 0.199. The van der Waals surface area contributed by atoms with Crippen LogP contribution in [0, 0.1) is 0 Å². The quantitative estimate of drug-likeness (QED) is 0.830. The molecule has 2 fully saturated rings. The van der Waals surface area contributed by atoms with Crippen LogP contribution in [0.2, 0.25) is 0 Å². The predicted molar refractivity (Wildman–Crippen MR) is 83.8 cm³/mol. The van der Waals surface area contributed by atoms with Gasteiger partial charge in [-0.05, 0) is 19.8 Å². The SMILES string of the molecule is CC(C)c1noc([C@@H](C)N2CCN(C[C@H]3CCCO3)CC2)n1. The van der Waals surface area contributed by atoms with Gasteiger partial charge in [0.25, 0.3) is 0 Å². The summed E-state index contributed by atoms with van der Waals surface area (Å²) in [4.78, 5) is 9.49. The Bertz CT molecular complexity index is 462. The minimum atomic E-state index is 0.199. The van der Waals surface area contributed by atoms with Crippen LogP contribution in [-0.2, 0) is 4.74 Å². The number of nitrogens with zero attached hydrogens (tertiary/aromatic N) is 4. The molecule has 3 rings (SSSR count). The van der Waals surface area contributed by atoms with Crippen LogP contribution in [0.5, 0.6) is 0 Å². The van der Waals surface area contributed by atoms with Gasteiger partial charge in [-0.3, -0.25) is 9.80 Å². The normalized spacial score (nSPS) is 25.9. The van der Waals surface area contributed by atoms with Crippen molar-refractivity contribution in [2.75, 3.05) is 39.3 Å². The van der Waals surface area contributed by atoms with Gasteiger partial charge in [0.15, 0.2) is 5.82 Å². The third kappa shape index (κ3) is 3.67. The lowest BCUT2D eigenvalue weighted by Crippen LogP contribution is -2.49. The summed E-state index contributed by atoms with van der Waals surface area (Å²) in [6.45, 7) is 12.6. The highest BCUT2D eigenvalue weighted by molar-refractivity contribution is 4.96. The lowest BCUT2D eigenvalue weighted by molar-refractivity contribution is 0.0379. The summed E-state index contributed by atoms with van der Waals surface area (Å²) in [6.07, 6.45) is 2.89. The van der Waals surface area contributed by atoms with Crippen LogP contribution in [0.4, 0.5) is 0 Å². The molecule has 6 heteroatoms. The van der Waals surface area contributed by atoms with Crippen molar-refractivity contribution in [3.63, 3.8) is 0 Å². The van der Waals surface area contributed by atoms with E-state index in [1.807, 2.05) is 0 Å². The van der Waals surface area contributed by atoms with E-state index in [9.17, 15) is 0 Å². The van der Waals surface area contributed by atoms with Gasteiger partial charge in [0.05, 0.1) is 12.1 Å².